The van der Waals surface area contributed by atoms with Crippen molar-refractivity contribution in [1.82, 2.24) is 14.9 Å². The standard InChI is InChI=1S/C24H24ClN5O2/c1-2-22(31)27-20-5-3-4-18(14-20)23-21(25)15-26-24(29-23)28-19-8-6-17(7-9-19)16-30-10-12-32-13-11-30/h2-9,14-15H,1,10-13,16H2,(H,27,31)(H,26,28,29). The first-order valence-corrected chi connectivity index (χ1v) is 10.7. The maximum Gasteiger partial charge on any atom is 0.247 e. The number of anilines is 3. The van der Waals surface area contributed by atoms with Crippen LogP contribution in [0.2, 0.25) is 5.02 Å². The highest BCUT2D eigenvalue weighted by Crippen LogP contribution is 2.29. The molecule has 2 heterocycles. The van der Waals surface area contributed by atoms with E-state index in [9.17, 15) is 4.79 Å². The molecule has 2 aromatic carbocycles. The minimum Gasteiger partial charge on any atom is -0.379 e. The van der Waals surface area contributed by atoms with Crippen LogP contribution in [0.1, 0.15) is 5.56 Å². The van der Waals surface area contributed by atoms with Crippen molar-refractivity contribution in [2.75, 3.05) is 36.9 Å². The van der Waals surface area contributed by atoms with Crippen molar-refractivity contribution in [3.05, 3.63) is 78.0 Å². The molecule has 32 heavy (non-hydrogen) atoms. The second-order valence-electron chi connectivity index (χ2n) is 7.37. The number of halogens is 1. The van der Waals surface area contributed by atoms with Crippen molar-refractivity contribution in [1.29, 1.82) is 0 Å². The Labute approximate surface area is 192 Å². The van der Waals surface area contributed by atoms with E-state index >= 15 is 0 Å². The van der Waals surface area contributed by atoms with Crippen LogP contribution in [0.3, 0.4) is 0 Å². The molecule has 1 aromatic heterocycles. The van der Waals surface area contributed by atoms with Gasteiger partial charge in [0.1, 0.15) is 0 Å². The number of hydrogen-bond donors (Lipinski definition) is 2. The van der Waals surface area contributed by atoms with Gasteiger partial charge in [0.2, 0.25) is 11.9 Å². The highest BCUT2D eigenvalue weighted by atomic mass is 35.5. The maximum atomic E-state index is 11.6. The fourth-order valence-corrected chi connectivity index (χ4v) is 3.61. The molecule has 7 nitrogen and oxygen atoms in total. The number of hydrogen-bond acceptors (Lipinski definition) is 6. The van der Waals surface area contributed by atoms with E-state index in [1.165, 1.54) is 11.6 Å². The molecule has 2 N–H and O–H groups in total. The molecule has 0 radical (unpaired) electrons. The zero-order valence-corrected chi connectivity index (χ0v) is 18.3. The summed E-state index contributed by atoms with van der Waals surface area (Å²) < 4.78 is 5.40. The fraction of sp³-hybridized carbons (Fsp3) is 0.208. The first-order valence-electron chi connectivity index (χ1n) is 10.3. The van der Waals surface area contributed by atoms with E-state index in [1.807, 2.05) is 24.3 Å². The minimum absolute atomic E-state index is 0.282. The second-order valence-corrected chi connectivity index (χ2v) is 7.78. The zero-order valence-electron chi connectivity index (χ0n) is 17.6. The Kier molecular flexibility index (Phi) is 7.11. The van der Waals surface area contributed by atoms with E-state index in [4.69, 9.17) is 16.3 Å². The SMILES string of the molecule is C=CC(=O)Nc1cccc(-c2nc(Nc3ccc(CN4CCOCC4)cc3)ncc2Cl)c1. The van der Waals surface area contributed by atoms with Gasteiger partial charge in [-0.15, -0.1) is 0 Å². The van der Waals surface area contributed by atoms with Crippen LogP contribution in [-0.2, 0) is 16.1 Å². The number of nitrogens with one attached hydrogen (secondary N) is 2. The lowest BCUT2D eigenvalue weighted by Crippen LogP contribution is -2.35. The molecule has 1 aliphatic rings. The van der Waals surface area contributed by atoms with Crippen molar-refractivity contribution >= 4 is 34.8 Å². The summed E-state index contributed by atoms with van der Waals surface area (Å²) in [6.45, 7) is 7.87. The molecule has 1 aliphatic heterocycles. The first kappa shape index (κ1) is 22.0. The maximum absolute atomic E-state index is 11.6. The summed E-state index contributed by atoms with van der Waals surface area (Å²) in [4.78, 5) is 22.9. The Balaban J connectivity index is 1.47. The number of ether oxygens (including phenoxy) is 1. The van der Waals surface area contributed by atoms with Crippen molar-refractivity contribution < 1.29 is 9.53 Å². The number of morpholine rings is 1. The first-order chi connectivity index (χ1) is 15.6. The van der Waals surface area contributed by atoms with E-state index < -0.39 is 0 Å². The Morgan fingerprint density at radius 2 is 1.94 bits per heavy atom. The van der Waals surface area contributed by atoms with Crippen LogP contribution >= 0.6 is 11.6 Å². The third-order valence-corrected chi connectivity index (χ3v) is 5.33. The number of amides is 1. The average Bonchev–Trinajstić information content (AvgIpc) is 2.82. The molecule has 0 atom stereocenters. The molecular weight excluding hydrogens is 426 g/mol. The normalized spacial score (nSPS) is 14.0. The molecule has 1 saturated heterocycles. The molecule has 0 bridgehead atoms. The van der Waals surface area contributed by atoms with E-state index in [2.05, 4.69) is 44.2 Å². The van der Waals surface area contributed by atoms with E-state index in [1.54, 1.807) is 18.3 Å². The minimum atomic E-state index is -0.282. The van der Waals surface area contributed by atoms with Gasteiger partial charge in [-0.2, -0.15) is 0 Å². The van der Waals surface area contributed by atoms with Crippen LogP contribution in [0.15, 0.2) is 67.4 Å². The lowest BCUT2D eigenvalue weighted by molar-refractivity contribution is -0.111. The van der Waals surface area contributed by atoms with Gasteiger partial charge in [0.25, 0.3) is 0 Å². The predicted octanol–water partition coefficient (Wildman–Crippen LogP) is 4.50. The molecular formula is C24H24ClN5O2. The topological polar surface area (TPSA) is 79.4 Å². The summed E-state index contributed by atoms with van der Waals surface area (Å²) in [5, 5.41) is 6.39. The van der Waals surface area contributed by atoms with Gasteiger partial charge in [-0.05, 0) is 35.9 Å². The molecule has 0 saturated carbocycles. The van der Waals surface area contributed by atoms with Crippen LogP contribution in [-0.4, -0.2) is 47.1 Å². The molecule has 1 amide bonds. The van der Waals surface area contributed by atoms with Crippen LogP contribution in [0.4, 0.5) is 17.3 Å². The molecule has 4 rings (SSSR count). The van der Waals surface area contributed by atoms with Gasteiger partial charge in [0, 0.05) is 36.6 Å². The summed E-state index contributed by atoms with van der Waals surface area (Å²) in [5.41, 5.74) is 4.10. The van der Waals surface area contributed by atoms with E-state index in [0.717, 1.165) is 44.1 Å². The monoisotopic (exact) mass is 449 g/mol. The zero-order chi connectivity index (χ0) is 22.3. The predicted molar refractivity (Wildman–Crippen MR) is 127 cm³/mol. The Morgan fingerprint density at radius 3 is 2.69 bits per heavy atom. The molecule has 8 heteroatoms. The summed E-state index contributed by atoms with van der Waals surface area (Å²) in [5.74, 6) is 0.154. The van der Waals surface area contributed by atoms with Crippen LogP contribution in [0.5, 0.6) is 0 Å². The molecule has 3 aromatic rings. The number of nitrogens with zero attached hydrogens (tertiary/aromatic N) is 3. The summed E-state index contributed by atoms with van der Waals surface area (Å²) >= 11 is 6.36. The lowest BCUT2D eigenvalue weighted by atomic mass is 10.1. The quantitative estimate of drug-likeness (QED) is 0.517. The second kappa shape index (κ2) is 10.4. The Hall–Kier alpha value is -3.26. The van der Waals surface area contributed by atoms with Gasteiger partial charge in [-0.25, -0.2) is 9.97 Å². The molecule has 0 spiro atoms. The number of carbonyl (C=O) groups excluding carboxylic acids is 1. The number of carbonyl (C=O) groups is 1. The van der Waals surface area contributed by atoms with Crippen molar-refractivity contribution in [3.63, 3.8) is 0 Å². The van der Waals surface area contributed by atoms with Gasteiger partial charge in [0.15, 0.2) is 0 Å². The van der Waals surface area contributed by atoms with Crippen molar-refractivity contribution in [3.8, 4) is 11.3 Å². The van der Waals surface area contributed by atoms with Crippen LogP contribution in [0, 0.1) is 0 Å². The number of rotatable bonds is 7. The third-order valence-electron chi connectivity index (χ3n) is 5.05. The van der Waals surface area contributed by atoms with E-state index in [-0.39, 0.29) is 5.91 Å². The Morgan fingerprint density at radius 1 is 1.16 bits per heavy atom. The summed E-state index contributed by atoms with van der Waals surface area (Å²) in [6.07, 6.45) is 2.78. The summed E-state index contributed by atoms with van der Waals surface area (Å²) in [7, 11) is 0. The van der Waals surface area contributed by atoms with Gasteiger partial charge in [-0.3, -0.25) is 9.69 Å². The molecule has 0 aliphatic carbocycles. The highest BCUT2D eigenvalue weighted by Gasteiger charge is 2.12. The molecule has 164 valence electrons. The highest BCUT2D eigenvalue weighted by molar-refractivity contribution is 6.33. The third kappa shape index (κ3) is 5.70. The largest absolute Gasteiger partial charge is 0.379 e. The average molecular weight is 450 g/mol. The number of aromatic nitrogens is 2. The van der Waals surface area contributed by atoms with Crippen molar-refractivity contribution in [2.24, 2.45) is 0 Å². The molecule has 0 unspecified atom stereocenters. The van der Waals surface area contributed by atoms with Gasteiger partial charge < -0.3 is 15.4 Å². The molecule has 1 fully saturated rings. The van der Waals surface area contributed by atoms with Gasteiger partial charge in [-0.1, -0.05) is 42.4 Å². The summed E-state index contributed by atoms with van der Waals surface area (Å²) in [6, 6.07) is 15.5. The smallest absolute Gasteiger partial charge is 0.247 e. The van der Waals surface area contributed by atoms with Crippen LogP contribution in [0.25, 0.3) is 11.3 Å². The number of benzene rings is 2. The van der Waals surface area contributed by atoms with Gasteiger partial charge in [0.05, 0.1) is 30.1 Å². The van der Waals surface area contributed by atoms with Crippen LogP contribution < -0.4 is 10.6 Å². The Bertz CT molecular complexity index is 1100. The van der Waals surface area contributed by atoms with Gasteiger partial charge >= 0.3 is 0 Å². The van der Waals surface area contributed by atoms with Crippen molar-refractivity contribution in [2.45, 2.75) is 6.54 Å². The van der Waals surface area contributed by atoms with E-state index in [0.29, 0.717) is 22.4 Å². The lowest BCUT2D eigenvalue weighted by Gasteiger charge is -2.26. The fourth-order valence-electron chi connectivity index (χ4n) is 3.41.